The van der Waals surface area contributed by atoms with Crippen LogP contribution < -0.4 is 16.4 Å². The number of pyridine rings is 2. The Hall–Kier alpha value is -5.92. The zero-order chi connectivity index (χ0) is 34.8. The van der Waals surface area contributed by atoms with Gasteiger partial charge in [0.15, 0.2) is 0 Å². The maximum atomic E-state index is 12.8. The maximum Gasteiger partial charge on any atom is 0.416 e. The summed E-state index contributed by atoms with van der Waals surface area (Å²) in [5.41, 5.74) is 7.09. The van der Waals surface area contributed by atoms with Crippen molar-refractivity contribution in [2.75, 3.05) is 16.4 Å². The number of rotatable bonds is 5. The Kier molecular flexibility index (Phi) is 9.10. The van der Waals surface area contributed by atoms with Gasteiger partial charge in [0.2, 0.25) is 0 Å². The summed E-state index contributed by atoms with van der Waals surface area (Å²) in [4.78, 5) is 19.1. The summed E-state index contributed by atoms with van der Waals surface area (Å²) < 4.78 is 76.9. The van der Waals surface area contributed by atoms with Crippen LogP contribution in [0.3, 0.4) is 0 Å². The van der Waals surface area contributed by atoms with Gasteiger partial charge in [-0.1, -0.05) is 30.3 Å². The summed E-state index contributed by atoms with van der Waals surface area (Å²) in [6, 6.07) is 19.9. The van der Waals surface area contributed by atoms with E-state index < -0.39 is 28.4 Å². The molecule has 8 nitrogen and oxygen atoms in total. The number of anilines is 5. The largest absolute Gasteiger partial charge is 0.416 e. The highest BCUT2D eigenvalue weighted by Gasteiger charge is 2.31. The lowest BCUT2D eigenvalue weighted by Crippen LogP contribution is -2.05. The molecule has 48 heavy (non-hydrogen) atoms. The molecule has 0 amide bonds. The van der Waals surface area contributed by atoms with Gasteiger partial charge >= 0.3 is 12.4 Å². The third kappa shape index (κ3) is 7.22. The van der Waals surface area contributed by atoms with Gasteiger partial charge < -0.3 is 16.4 Å². The van der Waals surface area contributed by atoms with E-state index in [0.717, 1.165) is 40.6 Å². The highest BCUT2D eigenvalue weighted by atomic mass is 19.4. The molecule has 0 bridgehead atoms. The van der Waals surface area contributed by atoms with Crippen LogP contribution in [0, 0.1) is 24.0 Å². The number of halogens is 6. The number of nitrogens with one attached hydrogen (secondary N) is 2. The summed E-state index contributed by atoms with van der Waals surface area (Å²) in [6.07, 6.45) is -5.88. The second-order valence-electron chi connectivity index (χ2n) is 10.7. The molecule has 0 unspecified atom stereocenters. The van der Waals surface area contributed by atoms with E-state index in [1.807, 2.05) is 19.1 Å². The SMILES string of the molecule is Cc1ccc2c(Nc3cccc(C(F)(F)F)c3)nccc2c1N.Cc1ccc2c(Nc3cccc(C(F)(F)F)c3)nccc2c1[N+](=O)[O-]. The van der Waals surface area contributed by atoms with Crippen molar-refractivity contribution in [3.8, 4) is 0 Å². The topological polar surface area (TPSA) is 119 Å². The number of fused-ring (bicyclic) bond motifs is 2. The van der Waals surface area contributed by atoms with Crippen molar-refractivity contribution < 1.29 is 31.3 Å². The minimum Gasteiger partial charge on any atom is -0.398 e. The second kappa shape index (κ2) is 13.1. The Morgan fingerprint density at radius 2 is 1.10 bits per heavy atom. The monoisotopic (exact) mass is 664 g/mol. The van der Waals surface area contributed by atoms with Crippen LogP contribution in [0.1, 0.15) is 22.3 Å². The number of nitrogens with two attached hydrogens (primary N) is 1. The molecule has 0 radical (unpaired) electrons. The average Bonchev–Trinajstić information content (AvgIpc) is 3.03. The molecule has 14 heteroatoms. The number of hydrogen-bond donors (Lipinski definition) is 3. The predicted octanol–water partition coefficient (Wildman–Crippen LogP) is 10.1. The Morgan fingerprint density at radius 3 is 1.58 bits per heavy atom. The van der Waals surface area contributed by atoms with E-state index in [-0.39, 0.29) is 17.2 Å². The number of aromatic nitrogens is 2. The molecular formula is C34H26F6N6O2. The lowest BCUT2D eigenvalue weighted by molar-refractivity contribution is -0.383. The fourth-order valence-corrected chi connectivity index (χ4v) is 5.00. The van der Waals surface area contributed by atoms with Crippen molar-refractivity contribution in [1.82, 2.24) is 9.97 Å². The van der Waals surface area contributed by atoms with Crippen LogP contribution in [0.4, 0.5) is 60.7 Å². The Bertz CT molecular complexity index is 2150. The lowest BCUT2D eigenvalue weighted by Gasteiger charge is -2.13. The Morgan fingerprint density at radius 1 is 0.646 bits per heavy atom. The highest BCUT2D eigenvalue weighted by molar-refractivity contribution is 6.01. The van der Waals surface area contributed by atoms with Gasteiger partial charge in [-0.25, -0.2) is 9.97 Å². The minimum absolute atomic E-state index is 0.0491. The molecule has 0 fully saturated rings. The third-order valence-electron chi connectivity index (χ3n) is 7.41. The molecule has 246 valence electrons. The number of benzene rings is 4. The van der Waals surface area contributed by atoms with Crippen LogP contribution >= 0.6 is 0 Å². The van der Waals surface area contributed by atoms with Gasteiger partial charge in [0.25, 0.3) is 5.69 Å². The quantitative estimate of drug-likeness (QED) is 0.0726. The molecule has 2 aromatic heterocycles. The fraction of sp³-hybridized carbons (Fsp3) is 0.118. The lowest BCUT2D eigenvalue weighted by atomic mass is 10.1. The number of nitrogens with zero attached hydrogens (tertiary/aromatic N) is 3. The molecule has 0 atom stereocenters. The summed E-state index contributed by atoms with van der Waals surface area (Å²) in [7, 11) is 0. The van der Waals surface area contributed by atoms with Crippen LogP contribution in [0.2, 0.25) is 0 Å². The van der Waals surface area contributed by atoms with E-state index in [2.05, 4.69) is 20.6 Å². The van der Waals surface area contributed by atoms with Crippen molar-refractivity contribution in [1.29, 1.82) is 0 Å². The molecule has 0 spiro atoms. The normalized spacial score (nSPS) is 11.6. The molecule has 2 heterocycles. The van der Waals surface area contributed by atoms with E-state index in [1.54, 1.807) is 37.4 Å². The first-order valence-corrected chi connectivity index (χ1v) is 14.2. The molecule has 0 saturated heterocycles. The highest BCUT2D eigenvalue weighted by Crippen LogP contribution is 2.36. The summed E-state index contributed by atoms with van der Waals surface area (Å²) in [5, 5.41) is 19.4. The molecule has 6 rings (SSSR count). The Balaban J connectivity index is 0.000000188. The summed E-state index contributed by atoms with van der Waals surface area (Å²) >= 11 is 0. The first-order chi connectivity index (χ1) is 22.6. The first kappa shape index (κ1) is 33.4. The van der Waals surface area contributed by atoms with Crippen LogP contribution in [0.25, 0.3) is 21.5 Å². The van der Waals surface area contributed by atoms with Gasteiger partial charge in [-0.15, -0.1) is 0 Å². The smallest absolute Gasteiger partial charge is 0.398 e. The van der Waals surface area contributed by atoms with Crippen molar-refractivity contribution in [3.05, 3.63) is 130 Å². The number of nitro groups is 1. The molecule has 0 aliphatic carbocycles. The van der Waals surface area contributed by atoms with Gasteiger partial charge in [0, 0.05) is 51.2 Å². The number of nitrogen functional groups attached to an aromatic ring is 1. The molecular weight excluding hydrogens is 638 g/mol. The van der Waals surface area contributed by atoms with Crippen molar-refractivity contribution in [2.24, 2.45) is 0 Å². The predicted molar refractivity (Wildman–Crippen MR) is 173 cm³/mol. The van der Waals surface area contributed by atoms with Crippen molar-refractivity contribution in [3.63, 3.8) is 0 Å². The van der Waals surface area contributed by atoms with Gasteiger partial charge in [-0.2, -0.15) is 26.3 Å². The molecule has 4 N–H and O–H groups in total. The molecule has 0 aliphatic rings. The zero-order valence-corrected chi connectivity index (χ0v) is 25.2. The fourth-order valence-electron chi connectivity index (χ4n) is 5.00. The van der Waals surface area contributed by atoms with Crippen LogP contribution in [0.5, 0.6) is 0 Å². The second-order valence-corrected chi connectivity index (χ2v) is 10.7. The molecule has 0 saturated carbocycles. The van der Waals surface area contributed by atoms with Crippen molar-refractivity contribution in [2.45, 2.75) is 26.2 Å². The number of alkyl halides is 6. The van der Waals surface area contributed by atoms with Gasteiger partial charge in [-0.3, -0.25) is 10.1 Å². The molecule has 6 aromatic rings. The van der Waals surface area contributed by atoms with Crippen LogP contribution in [-0.2, 0) is 12.4 Å². The number of aryl methyl sites for hydroxylation is 2. The minimum atomic E-state index is -4.46. The van der Waals surface area contributed by atoms with Crippen molar-refractivity contribution >= 4 is 55.9 Å². The van der Waals surface area contributed by atoms with E-state index in [9.17, 15) is 36.5 Å². The van der Waals surface area contributed by atoms with Gasteiger partial charge in [-0.05, 0) is 74.0 Å². The number of hydrogen-bond acceptors (Lipinski definition) is 7. The van der Waals surface area contributed by atoms with E-state index in [4.69, 9.17) is 5.73 Å². The van der Waals surface area contributed by atoms with E-state index in [0.29, 0.717) is 33.5 Å². The standard InChI is InChI=1S/C17H12F3N3O2.C17H14F3N3/c1-10-5-6-14-13(15(10)23(24)25)7-8-21-16(14)22-12-4-2-3-11(9-12)17(18,19)20;1-10-5-6-14-13(15(10)21)7-8-22-16(14)23-12-4-2-3-11(9-12)17(18,19)20/h2-9H,1H3,(H,21,22);2-9H,21H2,1H3,(H,22,23). The maximum absolute atomic E-state index is 12.8. The Labute approximate surface area is 269 Å². The van der Waals surface area contributed by atoms with Gasteiger partial charge in [0.1, 0.15) is 11.6 Å². The number of nitro benzene ring substituents is 1. The third-order valence-corrected chi connectivity index (χ3v) is 7.41. The summed E-state index contributed by atoms with van der Waals surface area (Å²) in [5.74, 6) is 0.716. The van der Waals surface area contributed by atoms with E-state index >= 15 is 0 Å². The van der Waals surface area contributed by atoms with Crippen LogP contribution in [0.15, 0.2) is 97.3 Å². The zero-order valence-electron chi connectivity index (χ0n) is 25.2. The molecule has 4 aromatic carbocycles. The van der Waals surface area contributed by atoms with Crippen LogP contribution in [-0.4, -0.2) is 14.9 Å². The first-order valence-electron chi connectivity index (χ1n) is 14.2. The molecule has 0 aliphatic heterocycles. The van der Waals surface area contributed by atoms with E-state index in [1.165, 1.54) is 30.5 Å². The van der Waals surface area contributed by atoms with Gasteiger partial charge in [0.05, 0.1) is 21.4 Å². The average molecular weight is 665 g/mol. The summed E-state index contributed by atoms with van der Waals surface area (Å²) in [6.45, 7) is 3.52.